The van der Waals surface area contributed by atoms with Gasteiger partial charge in [0.2, 0.25) is 0 Å². The molecule has 7 rings (SSSR count). The average Bonchev–Trinajstić information content (AvgIpc) is 3.36. The van der Waals surface area contributed by atoms with Gasteiger partial charge >= 0.3 is 11.9 Å². The van der Waals surface area contributed by atoms with E-state index >= 15 is 0 Å². The van der Waals surface area contributed by atoms with Crippen molar-refractivity contribution in [1.29, 1.82) is 0 Å². The van der Waals surface area contributed by atoms with Gasteiger partial charge in [0, 0.05) is 0 Å². The minimum Gasteiger partial charge on any atom is -0.462 e. The van der Waals surface area contributed by atoms with E-state index in [0.29, 0.717) is 22.3 Å². The lowest BCUT2D eigenvalue weighted by atomic mass is 9.86. The van der Waals surface area contributed by atoms with E-state index in [9.17, 15) is 9.59 Å². The molecule has 0 unspecified atom stereocenters. The van der Waals surface area contributed by atoms with Crippen LogP contribution in [0.1, 0.15) is 34.6 Å². The van der Waals surface area contributed by atoms with E-state index in [1.807, 2.05) is 60.7 Å². The largest absolute Gasteiger partial charge is 0.462 e. The van der Waals surface area contributed by atoms with E-state index < -0.39 is 11.9 Å². The van der Waals surface area contributed by atoms with Crippen molar-refractivity contribution >= 4 is 33.5 Å². The standard InChI is InChI=1S/C38H28O4/c1-3-41-37(39)34-22-33(28-19-20-31-27-15-8-7-14-26(27)29-17-10-18-30(28)36(29)31)35(38(40)42-4-2)21-32(34)25-16-9-12-23-11-5-6-13-24(23)25/h5-22H,3-4H2,1-2H3. The second-order valence-corrected chi connectivity index (χ2v) is 10.3. The number of ether oxygens (including phenoxy) is 2. The Labute approximate surface area is 244 Å². The molecule has 1 aliphatic rings. The van der Waals surface area contributed by atoms with Crippen LogP contribution in [-0.2, 0) is 9.47 Å². The number of carbonyl (C=O) groups excluding carboxylic acids is 2. The van der Waals surface area contributed by atoms with Crippen molar-refractivity contribution in [3.05, 3.63) is 120 Å². The summed E-state index contributed by atoms with van der Waals surface area (Å²) in [5.41, 5.74) is 8.51. The normalized spacial score (nSPS) is 11.5. The summed E-state index contributed by atoms with van der Waals surface area (Å²) < 4.78 is 11.1. The first-order valence-electron chi connectivity index (χ1n) is 14.3. The second-order valence-electron chi connectivity index (χ2n) is 10.3. The summed E-state index contributed by atoms with van der Waals surface area (Å²) in [5, 5.41) is 4.18. The Balaban J connectivity index is 1.54. The summed E-state index contributed by atoms with van der Waals surface area (Å²) in [6, 6.07) is 36.5. The number of fused-ring (bicyclic) bond motifs is 4. The maximum atomic E-state index is 13.6. The Morgan fingerprint density at radius 2 is 0.929 bits per heavy atom. The molecule has 0 N–H and O–H groups in total. The molecule has 0 bridgehead atoms. The fourth-order valence-corrected chi connectivity index (χ4v) is 6.30. The number of hydrogen-bond donors (Lipinski definition) is 0. The molecule has 0 saturated carbocycles. The lowest BCUT2D eigenvalue weighted by Crippen LogP contribution is -2.12. The van der Waals surface area contributed by atoms with Gasteiger partial charge in [-0.25, -0.2) is 9.59 Å². The highest BCUT2D eigenvalue weighted by atomic mass is 16.5. The molecule has 4 nitrogen and oxygen atoms in total. The Morgan fingerprint density at radius 1 is 0.476 bits per heavy atom. The van der Waals surface area contributed by atoms with Crippen LogP contribution >= 0.6 is 0 Å². The van der Waals surface area contributed by atoms with Gasteiger partial charge in [-0.15, -0.1) is 0 Å². The van der Waals surface area contributed by atoms with Gasteiger partial charge in [0.25, 0.3) is 0 Å². The molecule has 0 aromatic heterocycles. The highest BCUT2D eigenvalue weighted by Crippen LogP contribution is 2.50. The highest BCUT2D eigenvalue weighted by molar-refractivity contribution is 6.20. The Kier molecular flexibility index (Phi) is 6.32. The summed E-state index contributed by atoms with van der Waals surface area (Å²) in [5.74, 6) is -0.869. The van der Waals surface area contributed by atoms with Crippen molar-refractivity contribution in [2.75, 3.05) is 13.2 Å². The Morgan fingerprint density at radius 3 is 1.60 bits per heavy atom. The molecule has 0 saturated heterocycles. The third kappa shape index (κ3) is 3.99. The highest BCUT2D eigenvalue weighted by Gasteiger charge is 2.27. The van der Waals surface area contributed by atoms with E-state index in [-0.39, 0.29) is 13.2 Å². The molecule has 42 heavy (non-hydrogen) atoms. The zero-order valence-electron chi connectivity index (χ0n) is 23.4. The third-order valence-electron chi connectivity index (χ3n) is 8.07. The van der Waals surface area contributed by atoms with E-state index in [0.717, 1.165) is 43.8 Å². The molecule has 0 amide bonds. The summed E-state index contributed by atoms with van der Waals surface area (Å²) in [6.45, 7) is 4.07. The van der Waals surface area contributed by atoms with Crippen molar-refractivity contribution in [2.45, 2.75) is 13.8 Å². The number of benzene rings is 6. The van der Waals surface area contributed by atoms with Crippen LogP contribution in [0, 0.1) is 0 Å². The molecule has 0 fully saturated rings. The number of esters is 2. The number of rotatable bonds is 6. The van der Waals surface area contributed by atoms with Gasteiger partial charge in [-0.1, -0.05) is 97.1 Å². The molecule has 0 radical (unpaired) electrons. The zero-order chi connectivity index (χ0) is 28.8. The second kappa shape index (κ2) is 10.3. The maximum absolute atomic E-state index is 13.6. The van der Waals surface area contributed by atoms with Crippen LogP contribution in [0.3, 0.4) is 0 Å². The lowest BCUT2D eigenvalue weighted by Gasteiger charge is -2.18. The first-order chi connectivity index (χ1) is 20.6. The van der Waals surface area contributed by atoms with Gasteiger partial charge in [0.15, 0.2) is 0 Å². The molecule has 6 aromatic rings. The molecule has 0 atom stereocenters. The first kappa shape index (κ1) is 25.7. The van der Waals surface area contributed by atoms with Crippen LogP contribution in [0.2, 0.25) is 0 Å². The topological polar surface area (TPSA) is 52.6 Å². The number of hydrogen-bond acceptors (Lipinski definition) is 4. The van der Waals surface area contributed by atoms with Crippen molar-refractivity contribution in [3.8, 4) is 44.5 Å². The minimum absolute atomic E-state index is 0.237. The van der Waals surface area contributed by atoms with Crippen LogP contribution in [0.4, 0.5) is 0 Å². The van der Waals surface area contributed by atoms with E-state index in [1.54, 1.807) is 19.9 Å². The van der Waals surface area contributed by atoms with Crippen molar-refractivity contribution in [2.24, 2.45) is 0 Å². The molecular formula is C38H28O4. The van der Waals surface area contributed by atoms with Crippen LogP contribution in [0.25, 0.3) is 66.1 Å². The molecule has 6 aromatic carbocycles. The SMILES string of the molecule is CCOC(=O)c1cc(-c2ccc3c4c(cccc24)-c2ccccc2-3)c(C(=O)OCC)cc1-c1cccc2ccccc12. The molecule has 4 heteroatoms. The van der Waals surface area contributed by atoms with Crippen LogP contribution < -0.4 is 0 Å². The zero-order valence-corrected chi connectivity index (χ0v) is 23.4. The summed E-state index contributed by atoms with van der Waals surface area (Å²) in [6.07, 6.45) is 0. The fourth-order valence-electron chi connectivity index (χ4n) is 6.30. The summed E-state index contributed by atoms with van der Waals surface area (Å²) in [7, 11) is 0. The predicted molar refractivity (Wildman–Crippen MR) is 169 cm³/mol. The Bertz CT molecular complexity index is 2020. The lowest BCUT2D eigenvalue weighted by molar-refractivity contribution is 0.0513. The fraction of sp³-hybridized carbons (Fsp3) is 0.105. The smallest absolute Gasteiger partial charge is 0.338 e. The van der Waals surface area contributed by atoms with Crippen LogP contribution in [-0.4, -0.2) is 25.2 Å². The molecule has 0 aliphatic heterocycles. The maximum Gasteiger partial charge on any atom is 0.338 e. The molecular weight excluding hydrogens is 520 g/mol. The first-order valence-corrected chi connectivity index (χ1v) is 14.3. The predicted octanol–water partition coefficient (Wildman–Crippen LogP) is 9.33. The van der Waals surface area contributed by atoms with Gasteiger partial charge in [-0.3, -0.25) is 0 Å². The molecule has 204 valence electrons. The minimum atomic E-state index is -0.435. The molecule has 1 aliphatic carbocycles. The monoisotopic (exact) mass is 548 g/mol. The van der Waals surface area contributed by atoms with Crippen molar-refractivity contribution in [3.63, 3.8) is 0 Å². The Hall–Kier alpha value is -5.22. The van der Waals surface area contributed by atoms with Gasteiger partial charge < -0.3 is 9.47 Å². The number of carbonyl (C=O) groups is 2. The van der Waals surface area contributed by atoms with Gasteiger partial charge in [-0.05, 0) is 92.0 Å². The van der Waals surface area contributed by atoms with E-state index in [1.165, 1.54) is 11.1 Å². The van der Waals surface area contributed by atoms with Crippen molar-refractivity contribution < 1.29 is 19.1 Å². The summed E-state index contributed by atoms with van der Waals surface area (Å²) in [4.78, 5) is 27.2. The quantitative estimate of drug-likeness (QED) is 0.194. The van der Waals surface area contributed by atoms with Crippen LogP contribution in [0.15, 0.2) is 109 Å². The third-order valence-corrected chi connectivity index (χ3v) is 8.07. The van der Waals surface area contributed by atoms with Gasteiger partial charge in [-0.2, -0.15) is 0 Å². The van der Waals surface area contributed by atoms with E-state index in [4.69, 9.17) is 9.47 Å². The summed E-state index contributed by atoms with van der Waals surface area (Å²) >= 11 is 0. The molecule has 0 spiro atoms. The van der Waals surface area contributed by atoms with Crippen LogP contribution in [0.5, 0.6) is 0 Å². The average molecular weight is 549 g/mol. The van der Waals surface area contributed by atoms with Crippen molar-refractivity contribution in [1.82, 2.24) is 0 Å². The van der Waals surface area contributed by atoms with Gasteiger partial charge in [0.05, 0.1) is 24.3 Å². The van der Waals surface area contributed by atoms with Gasteiger partial charge in [0.1, 0.15) is 0 Å². The van der Waals surface area contributed by atoms with E-state index in [2.05, 4.69) is 42.5 Å². The molecule has 0 heterocycles.